The molecule has 1 aliphatic carbocycles. The molecule has 1 heterocycles. The lowest BCUT2D eigenvalue weighted by atomic mass is 9.85. The molecular weight excluding hydrogens is 216 g/mol. The highest BCUT2D eigenvalue weighted by Gasteiger charge is 2.40. The van der Waals surface area contributed by atoms with Gasteiger partial charge in [-0.3, -0.25) is 4.90 Å². The normalized spacial score (nSPS) is 35.3. The highest BCUT2D eigenvalue weighted by Crippen LogP contribution is 2.37. The van der Waals surface area contributed by atoms with Crippen molar-refractivity contribution in [2.24, 2.45) is 5.92 Å². The minimum Gasteiger partial charge on any atom is -0.394 e. The van der Waals surface area contributed by atoms with Crippen molar-refractivity contribution >= 4 is 0 Å². The van der Waals surface area contributed by atoms with E-state index < -0.39 is 0 Å². The van der Waals surface area contributed by atoms with Gasteiger partial charge < -0.3 is 15.2 Å². The summed E-state index contributed by atoms with van der Waals surface area (Å²) < 4.78 is 5.36. The Balaban J connectivity index is 1.81. The first kappa shape index (κ1) is 13.3. The molecule has 17 heavy (non-hydrogen) atoms. The van der Waals surface area contributed by atoms with Gasteiger partial charge >= 0.3 is 0 Å². The van der Waals surface area contributed by atoms with Gasteiger partial charge in [0.2, 0.25) is 0 Å². The maximum absolute atomic E-state index is 9.63. The van der Waals surface area contributed by atoms with E-state index in [-0.39, 0.29) is 12.1 Å². The molecule has 0 aromatic heterocycles. The summed E-state index contributed by atoms with van der Waals surface area (Å²) in [6.45, 7) is 5.31. The molecule has 2 aliphatic rings. The topological polar surface area (TPSA) is 44.7 Å². The second kappa shape index (κ2) is 6.14. The van der Waals surface area contributed by atoms with Crippen molar-refractivity contribution in [3.8, 4) is 0 Å². The molecule has 2 rings (SSSR count). The maximum Gasteiger partial charge on any atom is 0.0615 e. The first-order valence-corrected chi connectivity index (χ1v) is 6.90. The van der Waals surface area contributed by atoms with Gasteiger partial charge in [0, 0.05) is 18.6 Å². The quantitative estimate of drug-likeness (QED) is 0.735. The van der Waals surface area contributed by atoms with Crippen molar-refractivity contribution in [3.05, 3.63) is 0 Å². The molecule has 0 aromatic carbocycles. The molecule has 0 spiro atoms. The maximum atomic E-state index is 9.63. The summed E-state index contributed by atoms with van der Waals surface area (Å²) >= 11 is 0. The molecule has 1 aliphatic heterocycles. The van der Waals surface area contributed by atoms with Gasteiger partial charge in [0.15, 0.2) is 0 Å². The van der Waals surface area contributed by atoms with Gasteiger partial charge in [-0.25, -0.2) is 0 Å². The Bertz CT molecular complexity index is 225. The SMILES string of the molecule is CNC1(CO)CCCC1CCN1CCOCC1. The lowest BCUT2D eigenvalue weighted by Crippen LogP contribution is -2.50. The predicted molar refractivity (Wildman–Crippen MR) is 68.1 cm³/mol. The van der Waals surface area contributed by atoms with Crippen LogP contribution < -0.4 is 5.32 Å². The number of likely N-dealkylation sites (N-methyl/N-ethyl adjacent to an activating group) is 1. The van der Waals surface area contributed by atoms with Crippen LogP contribution in [0.1, 0.15) is 25.7 Å². The fraction of sp³-hybridized carbons (Fsp3) is 1.00. The molecular formula is C13H26N2O2. The summed E-state index contributed by atoms with van der Waals surface area (Å²) in [4.78, 5) is 2.49. The smallest absolute Gasteiger partial charge is 0.0615 e. The Hall–Kier alpha value is -0.160. The number of ether oxygens (including phenoxy) is 1. The average Bonchev–Trinajstić information content (AvgIpc) is 2.81. The minimum atomic E-state index is -0.00765. The van der Waals surface area contributed by atoms with Crippen LogP contribution in [0.25, 0.3) is 0 Å². The number of morpholine rings is 1. The summed E-state index contributed by atoms with van der Waals surface area (Å²) in [5.74, 6) is 0.625. The highest BCUT2D eigenvalue weighted by molar-refractivity contribution is 4.98. The molecule has 2 unspecified atom stereocenters. The van der Waals surface area contributed by atoms with Crippen molar-refractivity contribution in [3.63, 3.8) is 0 Å². The molecule has 4 heteroatoms. The fourth-order valence-electron chi connectivity index (χ4n) is 3.34. The third-order valence-electron chi connectivity index (χ3n) is 4.63. The van der Waals surface area contributed by atoms with E-state index in [1.165, 1.54) is 19.3 Å². The largest absolute Gasteiger partial charge is 0.394 e. The molecule has 1 saturated carbocycles. The number of hydrogen-bond donors (Lipinski definition) is 2. The third kappa shape index (κ3) is 2.99. The molecule has 0 bridgehead atoms. The summed E-state index contributed by atoms with van der Waals surface area (Å²) in [6.07, 6.45) is 4.82. The van der Waals surface area contributed by atoms with E-state index in [9.17, 15) is 5.11 Å². The van der Waals surface area contributed by atoms with E-state index in [4.69, 9.17) is 4.74 Å². The van der Waals surface area contributed by atoms with Gasteiger partial charge in [0.05, 0.1) is 19.8 Å². The zero-order valence-electron chi connectivity index (χ0n) is 11.0. The number of rotatable bonds is 5. The van der Waals surface area contributed by atoms with Crippen LogP contribution in [0.2, 0.25) is 0 Å². The van der Waals surface area contributed by atoms with Crippen LogP contribution in [0.15, 0.2) is 0 Å². The van der Waals surface area contributed by atoms with Crippen molar-refractivity contribution in [1.82, 2.24) is 10.2 Å². The van der Waals surface area contributed by atoms with Gasteiger partial charge in [-0.15, -0.1) is 0 Å². The van der Waals surface area contributed by atoms with E-state index in [1.54, 1.807) is 0 Å². The summed E-state index contributed by atoms with van der Waals surface area (Å²) in [6, 6.07) is 0. The second-order valence-electron chi connectivity index (χ2n) is 5.40. The van der Waals surface area contributed by atoms with Crippen LogP contribution in [0.4, 0.5) is 0 Å². The Morgan fingerprint density at radius 2 is 2.18 bits per heavy atom. The van der Waals surface area contributed by atoms with Gasteiger partial charge in [0.25, 0.3) is 0 Å². The highest BCUT2D eigenvalue weighted by atomic mass is 16.5. The molecule has 2 N–H and O–H groups in total. The number of hydrogen-bond acceptors (Lipinski definition) is 4. The molecule has 100 valence electrons. The summed E-state index contributed by atoms with van der Waals surface area (Å²) in [5, 5.41) is 13.0. The van der Waals surface area contributed by atoms with Crippen LogP contribution in [0, 0.1) is 5.92 Å². The lowest BCUT2D eigenvalue weighted by molar-refractivity contribution is 0.0315. The van der Waals surface area contributed by atoms with Crippen LogP contribution in [-0.4, -0.2) is 62.0 Å². The first-order valence-electron chi connectivity index (χ1n) is 6.90. The number of aliphatic hydroxyl groups excluding tert-OH is 1. The van der Waals surface area contributed by atoms with Crippen molar-refractivity contribution in [1.29, 1.82) is 0 Å². The van der Waals surface area contributed by atoms with Gasteiger partial charge in [-0.1, -0.05) is 6.42 Å². The van der Waals surface area contributed by atoms with Crippen molar-refractivity contribution in [2.75, 3.05) is 46.5 Å². The zero-order chi connectivity index (χ0) is 12.1. The standard InChI is InChI=1S/C13H26N2O2/c1-14-13(11-16)5-2-3-12(13)4-6-15-7-9-17-10-8-15/h12,14,16H,2-11H2,1H3. The Morgan fingerprint density at radius 1 is 1.41 bits per heavy atom. The average molecular weight is 242 g/mol. The molecule has 1 saturated heterocycles. The van der Waals surface area contributed by atoms with Gasteiger partial charge in [-0.2, -0.15) is 0 Å². The van der Waals surface area contributed by atoms with Crippen LogP contribution >= 0.6 is 0 Å². The van der Waals surface area contributed by atoms with E-state index >= 15 is 0 Å². The van der Waals surface area contributed by atoms with Crippen LogP contribution in [0.3, 0.4) is 0 Å². The number of nitrogens with one attached hydrogen (secondary N) is 1. The molecule has 0 aromatic rings. The Morgan fingerprint density at radius 3 is 2.82 bits per heavy atom. The lowest BCUT2D eigenvalue weighted by Gasteiger charge is -2.35. The Labute approximate surface area is 104 Å². The molecule has 2 atom stereocenters. The molecule has 0 radical (unpaired) electrons. The number of nitrogens with zero attached hydrogens (tertiary/aromatic N) is 1. The second-order valence-corrected chi connectivity index (χ2v) is 5.40. The van der Waals surface area contributed by atoms with Crippen LogP contribution in [0.5, 0.6) is 0 Å². The molecule has 2 fully saturated rings. The fourth-order valence-corrected chi connectivity index (χ4v) is 3.34. The van der Waals surface area contributed by atoms with E-state index in [0.29, 0.717) is 5.92 Å². The third-order valence-corrected chi connectivity index (χ3v) is 4.63. The predicted octanol–water partition coefficient (Wildman–Crippen LogP) is 0.459. The number of aliphatic hydroxyl groups is 1. The van der Waals surface area contributed by atoms with Crippen molar-refractivity contribution < 1.29 is 9.84 Å². The zero-order valence-corrected chi connectivity index (χ0v) is 11.0. The van der Waals surface area contributed by atoms with Crippen LogP contribution in [-0.2, 0) is 4.74 Å². The summed E-state index contributed by atoms with van der Waals surface area (Å²) in [5.41, 5.74) is -0.00765. The van der Waals surface area contributed by atoms with E-state index in [2.05, 4.69) is 10.2 Å². The summed E-state index contributed by atoms with van der Waals surface area (Å²) in [7, 11) is 1.99. The van der Waals surface area contributed by atoms with Gasteiger partial charge in [0.1, 0.15) is 0 Å². The van der Waals surface area contributed by atoms with E-state index in [1.807, 2.05) is 7.05 Å². The Kier molecular flexibility index (Phi) is 4.79. The van der Waals surface area contributed by atoms with Crippen molar-refractivity contribution in [2.45, 2.75) is 31.2 Å². The monoisotopic (exact) mass is 242 g/mol. The van der Waals surface area contributed by atoms with E-state index in [0.717, 1.165) is 39.3 Å². The van der Waals surface area contributed by atoms with Gasteiger partial charge in [-0.05, 0) is 38.8 Å². The molecule has 0 amide bonds. The minimum absolute atomic E-state index is 0.00765. The first-order chi connectivity index (χ1) is 8.30. The molecule has 4 nitrogen and oxygen atoms in total.